The van der Waals surface area contributed by atoms with Crippen molar-refractivity contribution in [2.75, 3.05) is 13.2 Å². The fourth-order valence-corrected chi connectivity index (χ4v) is 0.476. The molecule has 1 rings (SSSR count). The topological polar surface area (TPSA) is 18.5 Å². The van der Waals surface area contributed by atoms with Gasteiger partial charge in [0.05, 0.1) is 13.2 Å². The molecule has 0 aromatic heterocycles. The van der Waals surface area contributed by atoms with Crippen LogP contribution in [0.4, 0.5) is 0 Å². The van der Waals surface area contributed by atoms with Gasteiger partial charge in [-0.15, -0.1) is 0 Å². The van der Waals surface area contributed by atoms with E-state index >= 15 is 0 Å². The van der Waals surface area contributed by atoms with Gasteiger partial charge in [-0.05, 0) is 6.82 Å². The predicted molar refractivity (Wildman–Crippen MR) is 23.5 cm³/mol. The molecule has 34 valence electrons. The Morgan fingerprint density at radius 3 is 2.00 bits per heavy atom. The lowest BCUT2D eigenvalue weighted by Crippen LogP contribution is -2.05. The van der Waals surface area contributed by atoms with Crippen LogP contribution in [0.1, 0.15) is 0 Å². The van der Waals surface area contributed by atoms with Crippen molar-refractivity contribution in [3.05, 3.63) is 0 Å². The van der Waals surface area contributed by atoms with Crippen molar-refractivity contribution in [2.45, 2.75) is 6.82 Å². The molecule has 6 heavy (non-hydrogen) atoms. The van der Waals surface area contributed by atoms with Crippen molar-refractivity contribution in [1.82, 2.24) is 0 Å². The highest BCUT2D eigenvalue weighted by atomic mass is 16.6. The largest absolute Gasteiger partial charge is 0.453 e. The summed E-state index contributed by atoms with van der Waals surface area (Å²) in [6.45, 7) is 3.43. The summed E-state index contributed by atoms with van der Waals surface area (Å²) in [5.74, 6) is 0. The minimum atomic E-state index is 0.0463. The zero-order valence-corrected chi connectivity index (χ0v) is 3.81. The van der Waals surface area contributed by atoms with Gasteiger partial charge in [-0.2, -0.15) is 0 Å². The third-order valence-corrected chi connectivity index (χ3v) is 0.788. The number of hydrogen-bond donors (Lipinski definition) is 0. The van der Waals surface area contributed by atoms with Crippen LogP contribution >= 0.6 is 0 Å². The van der Waals surface area contributed by atoms with Crippen LogP contribution in [0, 0.1) is 0 Å². The van der Waals surface area contributed by atoms with Crippen molar-refractivity contribution < 1.29 is 9.31 Å². The van der Waals surface area contributed by atoms with E-state index in [0.29, 0.717) is 0 Å². The van der Waals surface area contributed by atoms with E-state index in [1.807, 2.05) is 6.82 Å². The van der Waals surface area contributed by atoms with Gasteiger partial charge in [0.2, 0.25) is 0 Å². The Bertz CT molecular complexity index is 42.1. The maximum absolute atomic E-state index is 4.93. The minimum absolute atomic E-state index is 0.0463. The first-order valence-electron chi connectivity index (χ1n) is 2.13. The van der Waals surface area contributed by atoms with E-state index in [9.17, 15) is 0 Å². The fourth-order valence-electron chi connectivity index (χ4n) is 0.476. The molecule has 0 atom stereocenters. The molecule has 0 aromatic rings. The predicted octanol–water partition coefficient (Wildman–Crippen LogP) is 0.151. The fraction of sp³-hybridized carbons (Fsp3) is 1.00. The molecule has 1 aliphatic heterocycles. The summed E-state index contributed by atoms with van der Waals surface area (Å²) in [5, 5.41) is 0. The van der Waals surface area contributed by atoms with E-state index < -0.39 is 0 Å². The molecule has 2 nitrogen and oxygen atoms in total. The van der Waals surface area contributed by atoms with Crippen LogP contribution in [-0.2, 0) is 9.31 Å². The van der Waals surface area contributed by atoms with Gasteiger partial charge in [0.15, 0.2) is 0 Å². The highest BCUT2D eigenvalue weighted by Gasteiger charge is 2.14. The molecular weight excluding hydrogens is 78.8 g/mol. The van der Waals surface area contributed by atoms with Crippen LogP contribution in [-0.4, -0.2) is 20.3 Å². The minimum Gasteiger partial charge on any atom is -0.409 e. The standard InChI is InChI=1S/C3H7BO2/c1-4-5-2-3-6-4/h2-3H2,1H3. The monoisotopic (exact) mass is 86.1 g/mol. The van der Waals surface area contributed by atoms with E-state index in [1.54, 1.807) is 0 Å². The van der Waals surface area contributed by atoms with E-state index in [1.165, 1.54) is 0 Å². The second-order valence-corrected chi connectivity index (χ2v) is 1.31. The first-order chi connectivity index (χ1) is 2.89. The average molecular weight is 85.9 g/mol. The molecule has 0 saturated carbocycles. The van der Waals surface area contributed by atoms with Crippen molar-refractivity contribution in [1.29, 1.82) is 0 Å². The smallest absolute Gasteiger partial charge is 0.409 e. The SMILES string of the molecule is CB1OCCO1. The van der Waals surface area contributed by atoms with Crippen LogP contribution < -0.4 is 0 Å². The van der Waals surface area contributed by atoms with E-state index in [2.05, 4.69) is 0 Å². The van der Waals surface area contributed by atoms with Crippen molar-refractivity contribution >= 4 is 7.12 Å². The highest BCUT2D eigenvalue weighted by Crippen LogP contribution is 1.95. The van der Waals surface area contributed by atoms with Gasteiger partial charge in [0, 0.05) is 0 Å². The first kappa shape index (κ1) is 4.15. The Labute approximate surface area is 37.6 Å². The lowest BCUT2D eigenvalue weighted by Gasteiger charge is -1.87. The normalized spacial score (nSPS) is 22.5. The number of rotatable bonds is 0. The zero-order valence-electron chi connectivity index (χ0n) is 3.81. The van der Waals surface area contributed by atoms with Crippen LogP contribution in [0.3, 0.4) is 0 Å². The second kappa shape index (κ2) is 1.62. The summed E-state index contributed by atoms with van der Waals surface area (Å²) in [5.41, 5.74) is 0. The molecular formula is C3H7BO2. The summed E-state index contributed by atoms with van der Waals surface area (Å²) in [6.07, 6.45) is 0. The third kappa shape index (κ3) is 0.728. The van der Waals surface area contributed by atoms with Gasteiger partial charge in [0.1, 0.15) is 0 Å². The summed E-state index contributed by atoms with van der Waals surface area (Å²) < 4.78 is 9.86. The first-order valence-corrected chi connectivity index (χ1v) is 2.13. The van der Waals surface area contributed by atoms with E-state index in [-0.39, 0.29) is 7.12 Å². The van der Waals surface area contributed by atoms with Crippen molar-refractivity contribution in [3.8, 4) is 0 Å². The van der Waals surface area contributed by atoms with Gasteiger partial charge in [-0.3, -0.25) is 0 Å². The molecule has 0 spiro atoms. The van der Waals surface area contributed by atoms with Gasteiger partial charge in [-0.25, -0.2) is 0 Å². The summed E-state index contributed by atoms with van der Waals surface area (Å²) in [4.78, 5) is 0. The highest BCUT2D eigenvalue weighted by molar-refractivity contribution is 6.43. The third-order valence-electron chi connectivity index (χ3n) is 0.788. The quantitative estimate of drug-likeness (QED) is 0.390. The van der Waals surface area contributed by atoms with E-state index in [0.717, 1.165) is 13.2 Å². The van der Waals surface area contributed by atoms with Gasteiger partial charge in [-0.1, -0.05) is 0 Å². The number of hydrogen-bond acceptors (Lipinski definition) is 2. The molecule has 0 unspecified atom stereocenters. The molecule has 0 aliphatic carbocycles. The summed E-state index contributed by atoms with van der Waals surface area (Å²) in [6, 6.07) is 0. The Balaban J connectivity index is 2.18. The molecule has 1 fully saturated rings. The second-order valence-electron chi connectivity index (χ2n) is 1.31. The lowest BCUT2D eigenvalue weighted by molar-refractivity contribution is 0.365. The summed E-state index contributed by atoms with van der Waals surface area (Å²) in [7, 11) is 0.0463. The van der Waals surface area contributed by atoms with E-state index in [4.69, 9.17) is 9.31 Å². The van der Waals surface area contributed by atoms with Crippen LogP contribution in [0.25, 0.3) is 0 Å². The van der Waals surface area contributed by atoms with Gasteiger partial charge >= 0.3 is 7.12 Å². The average Bonchev–Trinajstić information content (AvgIpc) is 1.86. The zero-order chi connectivity index (χ0) is 4.41. The molecule has 0 radical (unpaired) electrons. The lowest BCUT2D eigenvalue weighted by atomic mass is 9.97. The van der Waals surface area contributed by atoms with Crippen LogP contribution in [0.2, 0.25) is 6.82 Å². The van der Waals surface area contributed by atoms with Crippen molar-refractivity contribution in [2.24, 2.45) is 0 Å². The maximum atomic E-state index is 4.93. The Hall–Kier alpha value is -0.0151. The Morgan fingerprint density at radius 1 is 1.33 bits per heavy atom. The molecule has 0 bridgehead atoms. The molecule has 0 amide bonds. The Morgan fingerprint density at radius 2 is 1.83 bits per heavy atom. The van der Waals surface area contributed by atoms with Crippen LogP contribution in [0.5, 0.6) is 0 Å². The summed E-state index contributed by atoms with van der Waals surface area (Å²) >= 11 is 0. The van der Waals surface area contributed by atoms with Gasteiger partial charge in [0.25, 0.3) is 0 Å². The molecule has 0 N–H and O–H groups in total. The molecule has 3 heteroatoms. The Kier molecular flexibility index (Phi) is 1.12. The van der Waals surface area contributed by atoms with Crippen molar-refractivity contribution in [3.63, 3.8) is 0 Å². The molecule has 1 aliphatic rings. The van der Waals surface area contributed by atoms with Gasteiger partial charge < -0.3 is 9.31 Å². The molecule has 1 heterocycles. The van der Waals surface area contributed by atoms with Crippen LogP contribution in [0.15, 0.2) is 0 Å². The molecule has 1 saturated heterocycles. The maximum Gasteiger partial charge on any atom is 0.453 e. The molecule has 0 aromatic carbocycles.